The third-order valence-electron chi connectivity index (χ3n) is 7.58. The first-order chi connectivity index (χ1) is 22.6. The van der Waals surface area contributed by atoms with Crippen molar-refractivity contribution in [3.63, 3.8) is 0 Å². The van der Waals surface area contributed by atoms with Gasteiger partial charge in [-0.05, 0) is 44.2 Å². The Morgan fingerprint density at radius 1 is 0.958 bits per heavy atom. The van der Waals surface area contributed by atoms with Crippen LogP contribution in [0.15, 0.2) is 72.8 Å². The van der Waals surface area contributed by atoms with Crippen LogP contribution < -0.4 is 21.3 Å². The summed E-state index contributed by atoms with van der Waals surface area (Å²) in [6, 6.07) is 18.5. The summed E-state index contributed by atoms with van der Waals surface area (Å²) in [6.45, 7) is 5.22. The molecule has 1 fully saturated rings. The Morgan fingerprint density at radius 2 is 1.62 bits per heavy atom. The molecule has 0 aliphatic carbocycles. The van der Waals surface area contributed by atoms with Gasteiger partial charge < -0.3 is 31.3 Å². The lowest BCUT2D eigenvalue weighted by Crippen LogP contribution is -2.60. The molecule has 1 heterocycles. The molecule has 0 unspecified atom stereocenters. The monoisotopic (exact) mass is 697 g/mol. The number of thioether (sulfide) groups is 1. The van der Waals surface area contributed by atoms with Gasteiger partial charge in [0.05, 0.1) is 24.2 Å². The molecule has 1 saturated heterocycles. The molecule has 4 amide bonds. The minimum atomic E-state index is -3.77. The summed E-state index contributed by atoms with van der Waals surface area (Å²) >= 11 is 1.37. The highest BCUT2D eigenvalue weighted by molar-refractivity contribution is 7.99. The lowest BCUT2D eigenvalue weighted by molar-refractivity contribution is -0.147. The fourth-order valence-corrected chi connectivity index (χ4v) is 7.36. The molecule has 258 valence electrons. The van der Waals surface area contributed by atoms with Gasteiger partial charge in [-0.1, -0.05) is 66.7 Å². The van der Waals surface area contributed by atoms with Crippen LogP contribution in [0.3, 0.4) is 0 Å². The van der Waals surface area contributed by atoms with Crippen LogP contribution in [-0.2, 0) is 35.4 Å². The van der Waals surface area contributed by atoms with Crippen molar-refractivity contribution in [2.75, 3.05) is 35.5 Å². The summed E-state index contributed by atoms with van der Waals surface area (Å²) < 4.78 is 24.7. The number of benzene rings is 3. The Bertz CT molecular complexity index is 1730. The number of nitrogens with one attached hydrogen (secondary N) is 4. The van der Waals surface area contributed by atoms with E-state index in [1.54, 1.807) is 36.4 Å². The van der Waals surface area contributed by atoms with Crippen molar-refractivity contribution in [1.82, 2.24) is 20.9 Å². The number of rotatable bonds is 13. The number of nitrogens with zero attached hydrogens (tertiary/aromatic N) is 1. The summed E-state index contributed by atoms with van der Waals surface area (Å²) in [5.41, 5.74) is 0.840. The number of carbonyl (C=O) groups is 4. The van der Waals surface area contributed by atoms with Crippen molar-refractivity contribution in [2.24, 2.45) is 0 Å². The van der Waals surface area contributed by atoms with Crippen molar-refractivity contribution in [3.8, 4) is 0 Å². The van der Waals surface area contributed by atoms with Crippen LogP contribution in [0.5, 0.6) is 0 Å². The third-order valence-corrected chi connectivity index (χ3v) is 9.53. The molecule has 14 heteroatoms. The van der Waals surface area contributed by atoms with E-state index in [9.17, 15) is 32.7 Å². The zero-order chi connectivity index (χ0) is 35.1. The number of fused-ring (bicyclic) bond motifs is 1. The van der Waals surface area contributed by atoms with Gasteiger partial charge in [0.1, 0.15) is 21.9 Å². The highest BCUT2D eigenvalue weighted by Crippen LogP contribution is 2.24. The normalized spacial score (nSPS) is 16.9. The molecule has 0 aromatic heterocycles. The fourth-order valence-electron chi connectivity index (χ4n) is 5.35. The number of aliphatic hydroxyl groups excluding tert-OH is 1. The van der Waals surface area contributed by atoms with Gasteiger partial charge in [-0.25, -0.2) is 8.42 Å². The summed E-state index contributed by atoms with van der Waals surface area (Å²) in [4.78, 5) is 54.7. The smallest absolute Gasteiger partial charge is 0.254 e. The second-order valence-electron chi connectivity index (χ2n) is 12.9. The molecule has 0 bridgehead atoms. The van der Waals surface area contributed by atoms with Crippen molar-refractivity contribution >= 4 is 61.7 Å². The SMILES string of the molecule is CC(C)(C)NC(=O)[C@@H]1CSCN1C(=O)[C@@H](O)[C@H](Cc1ccccc1)NC(=O)[C@H](CS(C)(=O)=O)NC(=O)CNc1cccc2ccccc12. The predicted octanol–water partition coefficient (Wildman–Crippen LogP) is 1.69. The summed E-state index contributed by atoms with van der Waals surface area (Å²) in [6.07, 6.45) is -0.816. The largest absolute Gasteiger partial charge is 0.381 e. The molecule has 0 radical (unpaired) electrons. The maximum Gasteiger partial charge on any atom is 0.254 e. The van der Waals surface area contributed by atoms with Crippen molar-refractivity contribution in [3.05, 3.63) is 78.4 Å². The lowest BCUT2D eigenvalue weighted by Gasteiger charge is -2.32. The Morgan fingerprint density at radius 3 is 2.31 bits per heavy atom. The minimum absolute atomic E-state index is 0.0154. The average Bonchev–Trinajstić information content (AvgIpc) is 3.52. The number of hydrogen-bond acceptors (Lipinski definition) is 9. The van der Waals surface area contributed by atoms with Crippen molar-refractivity contribution < 1.29 is 32.7 Å². The van der Waals surface area contributed by atoms with Crippen LogP contribution in [0, 0.1) is 0 Å². The molecule has 1 aliphatic rings. The first kappa shape index (κ1) is 36.7. The topological polar surface area (TPSA) is 174 Å². The maximum absolute atomic E-state index is 13.7. The van der Waals surface area contributed by atoms with Crippen LogP contribution in [0.4, 0.5) is 5.69 Å². The molecule has 5 N–H and O–H groups in total. The quantitative estimate of drug-likeness (QED) is 0.178. The van der Waals surface area contributed by atoms with Gasteiger partial charge in [-0.2, -0.15) is 0 Å². The Balaban J connectivity index is 1.51. The lowest BCUT2D eigenvalue weighted by atomic mass is 9.99. The molecule has 4 rings (SSSR count). The predicted molar refractivity (Wildman–Crippen MR) is 188 cm³/mol. The van der Waals surface area contributed by atoms with Crippen molar-refractivity contribution in [1.29, 1.82) is 0 Å². The zero-order valence-corrected chi connectivity index (χ0v) is 29.1. The van der Waals surface area contributed by atoms with Gasteiger partial charge in [-0.15, -0.1) is 11.8 Å². The van der Waals surface area contributed by atoms with E-state index in [-0.39, 0.29) is 24.7 Å². The van der Waals surface area contributed by atoms with Crippen LogP contribution in [0.2, 0.25) is 0 Å². The summed E-state index contributed by atoms with van der Waals surface area (Å²) in [5.74, 6) is -2.83. The number of hydrogen-bond donors (Lipinski definition) is 5. The number of sulfone groups is 1. The number of anilines is 1. The molecule has 3 aromatic carbocycles. The van der Waals surface area contributed by atoms with Gasteiger partial charge in [0.25, 0.3) is 5.91 Å². The van der Waals surface area contributed by atoms with E-state index >= 15 is 0 Å². The van der Waals surface area contributed by atoms with Gasteiger partial charge >= 0.3 is 0 Å². The van der Waals surface area contributed by atoms with Crippen LogP contribution in [0.25, 0.3) is 10.8 Å². The van der Waals surface area contributed by atoms with Crippen molar-refractivity contribution in [2.45, 2.75) is 57.0 Å². The molecule has 48 heavy (non-hydrogen) atoms. The molecular weight excluding hydrogens is 655 g/mol. The standard InChI is InChI=1S/C34H43N5O7S2/c1-34(2,3)38-32(43)28-19-47-21-39(28)33(44)30(41)26(17-22-11-6-5-7-12-22)37-31(42)27(20-48(4,45)46)36-29(40)18-35-25-16-10-14-23-13-8-9-15-24(23)25/h5-16,26-28,30,35,41H,17-21H2,1-4H3,(H,36,40)(H,37,42)(H,38,43)/t26-,27-,28-,30-/m0/s1. The van der Waals surface area contributed by atoms with Crippen LogP contribution in [-0.4, -0.2) is 102 Å². The first-order valence-electron chi connectivity index (χ1n) is 15.5. The maximum atomic E-state index is 13.7. The molecule has 12 nitrogen and oxygen atoms in total. The number of amides is 4. The van der Waals surface area contributed by atoms with Gasteiger partial charge in [0.15, 0.2) is 6.10 Å². The number of aliphatic hydroxyl groups is 1. The first-order valence-corrected chi connectivity index (χ1v) is 18.7. The molecule has 1 aliphatic heterocycles. The van der Waals surface area contributed by atoms with Gasteiger partial charge in [-0.3, -0.25) is 19.2 Å². The van der Waals surface area contributed by atoms with Gasteiger partial charge in [0.2, 0.25) is 17.7 Å². The fraction of sp³-hybridized carbons (Fsp3) is 0.412. The second kappa shape index (κ2) is 15.8. The van der Waals surface area contributed by atoms with E-state index in [4.69, 9.17) is 0 Å². The van der Waals surface area contributed by atoms with E-state index < -0.39 is 63.1 Å². The zero-order valence-electron chi connectivity index (χ0n) is 27.4. The highest BCUT2D eigenvalue weighted by Gasteiger charge is 2.41. The van der Waals surface area contributed by atoms with E-state index in [0.29, 0.717) is 17.0 Å². The molecule has 4 atom stereocenters. The number of carbonyl (C=O) groups excluding carboxylic acids is 4. The Labute approximate surface area is 285 Å². The minimum Gasteiger partial charge on any atom is -0.381 e. The van der Waals surface area contributed by atoms with E-state index in [0.717, 1.165) is 17.0 Å². The molecule has 3 aromatic rings. The molecule has 0 spiro atoms. The Kier molecular flexibility index (Phi) is 12.1. The van der Waals surface area contributed by atoms with E-state index in [2.05, 4.69) is 21.3 Å². The second-order valence-corrected chi connectivity index (χ2v) is 16.1. The Hall–Kier alpha value is -4.14. The molecular formula is C34H43N5O7S2. The summed E-state index contributed by atoms with van der Waals surface area (Å²) in [5, 5.41) is 24.3. The molecule has 0 saturated carbocycles. The van der Waals surface area contributed by atoms with Crippen LogP contribution >= 0.6 is 11.8 Å². The van der Waals surface area contributed by atoms with Gasteiger partial charge in [0, 0.05) is 28.6 Å². The van der Waals surface area contributed by atoms with Crippen LogP contribution in [0.1, 0.15) is 26.3 Å². The van der Waals surface area contributed by atoms with E-state index in [1.807, 2.05) is 57.2 Å². The summed E-state index contributed by atoms with van der Waals surface area (Å²) in [7, 11) is -3.77. The third kappa shape index (κ3) is 10.4. The average molecular weight is 698 g/mol. The van der Waals surface area contributed by atoms with E-state index in [1.165, 1.54) is 16.7 Å². The highest BCUT2D eigenvalue weighted by atomic mass is 32.2.